The van der Waals surface area contributed by atoms with Crippen LogP contribution in [0.3, 0.4) is 0 Å². The third-order valence-corrected chi connectivity index (χ3v) is 7.01. The molecule has 0 aromatic carbocycles. The van der Waals surface area contributed by atoms with E-state index in [0.717, 1.165) is 12.8 Å². The number of hydrogen-bond donors (Lipinski definition) is 1. The first-order valence-electron chi connectivity index (χ1n) is 7.99. The van der Waals surface area contributed by atoms with E-state index in [9.17, 15) is 23.1 Å². The Morgan fingerprint density at radius 2 is 1.87 bits per heavy atom. The number of sulfonamides is 1. The molecular weight excluding hydrogens is 322 g/mol. The van der Waals surface area contributed by atoms with E-state index in [1.54, 1.807) is 0 Å². The van der Waals surface area contributed by atoms with Gasteiger partial charge in [-0.2, -0.15) is 0 Å². The Balaban J connectivity index is 2.20. The average Bonchev–Trinajstić information content (AvgIpc) is 2.94. The second-order valence-corrected chi connectivity index (χ2v) is 8.90. The lowest BCUT2D eigenvalue weighted by molar-refractivity contribution is -0.151. The van der Waals surface area contributed by atoms with E-state index in [1.165, 1.54) is 11.4 Å². The second kappa shape index (κ2) is 6.76. The van der Waals surface area contributed by atoms with Crippen molar-refractivity contribution in [2.45, 2.75) is 39.0 Å². The Morgan fingerprint density at radius 1 is 1.26 bits per heavy atom. The molecule has 7 nitrogen and oxygen atoms in total. The largest absolute Gasteiger partial charge is 0.481 e. The summed E-state index contributed by atoms with van der Waals surface area (Å²) in [5.41, 5.74) is -0.979. The van der Waals surface area contributed by atoms with Crippen LogP contribution in [0, 0.1) is 17.3 Å². The van der Waals surface area contributed by atoms with E-state index < -0.39 is 33.3 Å². The molecule has 1 aliphatic carbocycles. The number of methoxy groups -OCH3 is 1. The van der Waals surface area contributed by atoms with Gasteiger partial charge in [-0.25, -0.2) is 12.7 Å². The van der Waals surface area contributed by atoms with E-state index in [2.05, 4.69) is 0 Å². The number of esters is 1. The summed E-state index contributed by atoms with van der Waals surface area (Å²) in [6.45, 7) is 2.14. The van der Waals surface area contributed by atoms with Gasteiger partial charge in [0.05, 0.1) is 24.2 Å². The van der Waals surface area contributed by atoms with Gasteiger partial charge >= 0.3 is 11.9 Å². The minimum absolute atomic E-state index is 0.0146. The molecule has 1 aliphatic heterocycles. The normalized spacial score (nSPS) is 28.4. The highest BCUT2D eigenvalue weighted by atomic mass is 32.2. The van der Waals surface area contributed by atoms with E-state index in [0.29, 0.717) is 25.8 Å². The van der Waals surface area contributed by atoms with Gasteiger partial charge in [-0.1, -0.05) is 19.8 Å². The Labute approximate surface area is 137 Å². The second-order valence-electron chi connectivity index (χ2n) is 6.93. The predicted octanol–water partition coefficient (Wildman–Crippen LogP) is 1.09. The smallest absolute Gasteiger partial charge is 0.312 e. The molecule has 2 rings (SSSR count). The number of piperidine rings is 1. The Hall–Kier alpha value is -1.15. The minimum atomic E-state index is -3.71. The number of carbonyl (C=O) groups excluding carboxylic acids is 1. The fourth-order valence-corrected chi connectivity index (χ4v) is 6.00. The summed E-state index contributed by atoms with van der Waals surface area (Å²) in [4.78, 5) is 23.4. The molecule has 23 heavy (non-hydrogen) atoms. The molecule has 1 N–H and O–H groups in total. The summed E-state index contributed by atoms with van der Waals surface area (Å²) in [6.07, 6.45) is 3.09. The van der Waals surface area contributed by atoms with Crippen LogP contribution < -0.4 is 0 Å². The van der Waals surface area contributed by atoms with Crippen molar-refractivity contribution in [2.24, 2.45) is 17.3 Å². The van der Waals surface area contributed by atoms with Gasteiger partial charge in [-0.05, 0) is 25.2 Å². The summed E-state index contributed by atoms with van der Waals surface area (Å²) < 4.78 is 31.7. The Morgan fingerprint density at radius 3 is 2.39 bits per heavy atom. The molecule has 0 bridgehead atoms. The van der Waals surface area contributed by atoms with E-state index >= 15 is 0 Å². The van der Waals surface area contributed by atoms with Crippen molar-refractivity contribution in [1.82, 2.24) is 4.31 Å². The van der Waals surface area contributed by atoms with Crippen molar-refractivity contribution in [3.63, 3.8) is 0 Å². The van der Waals surface area contributed by atoms with Crippen LogP contribution in [0.2, 0.25) is 0 Å². The number of ether oxygens (including phenoxy) is 1. The molecule has 0 radical (unpaired) electrons. The van der Waals surface area contributed by atoms with Crippen molar-refractivity contribution in [3.8, 4) is 0 Å². The first kappa shape index (κ1) is 18.2. The van der Waals surface area contributed by atoms with Gasteiger partial charge in [0.25, 0.3) is 0 Å². The van der Waals surface area contributed by atoms with E-state index in [4.69, 9.17) is 4.74 Å². The molecule has 2 unspecified atom stereocenters. The number of rotatable bonds is 5. The van der Waals surface area contributed by atoms with Gasteiger partial charge in [0, 0.05) is 13.1 Å². The third kappa shape index (κ3) is 3.85. The van der Waals surface area contributed by atoms with Crippen LogP contribution in [0.4, 0.5) is 0 Å². The van der Waals surface area contributed by atoms with Crippen LogP contribution in [0.1, 0.15) is 39.0 Å². The molecule has 2 aliphatic rings. The Bertz CT molecular complexity index is 567. The van der Waals surface area contributed by atoms with Crippen LogP contribution >= 0.6 is 0 Å². The molecule has 8 heteroatoms. The quantitative estimate of drug-likeness (QED) is 0.747. The highest BCUT2D eigenvalue weighted by Crippen LogP contribution is 2.41. The van der Waals surface area contributed by atoms with Gasteiger partial charge in [-0.15, -0.1) is 0 Å². The van der Waals surface area contributed by atoms with Crippen LogP contribution in [-0.4, -0.2) is 55.7 Å². The van der Waals surface area contributed by atoms with Gasteiger partial charge in [0.15, 0.2) is 0 Å². The predicted molar refractivity (Wildman–Crippen MR) is 83.2 cm³/mol. The van der Waals surface area contributed by atoms with Gasteiger partial charge < -0.3 is 9.84 Å². The SMILES string of the molecule is COC(=O)C1(CS(=O)(=O)N2CC(C)CC(C(=O)O)C2)CCCC1. The molecule has 1 saturated heterocycles. The summed E-state index contributed by atoms with van der Waals surface area (Å²) in [5.74, 6) is -2.44. The summed E-state index contributed by atoms with van der Waals surface area (Å²) in [7, 11) is -2.43. The number of carboxylic acids is 1. The third-order valence-electron chi connectivity index (χ3n) is 5.01. The van der Waals surface area contributed by atoms with Crippen molar-refractivity contribution in [3.05, 3.63) is 0 Å². The molecule has 2 atom stereocenters. The van der Waals surface area contributed by atoms with Crippen molar-refractivity contribution in [2.75, 3.05) is 26.0 Å². The maximum Gasteiger partial charge on any atom is 0.312 e. The first-order chi connectivity index (χ1) is 10.7. The number of hydrogen-bond acceptors (Lipinski definition) is 5. The van der Waals surface area contributed by atoms with Crippen molar-refractivity contribution >= 4 is 22.0 Å². The summed E-state index contributed by atoms with van der Waals surface area (Å²) in [5, 5.41) is 9.21. The summed E-state index contributed by atoms with van der Waals surface area (Å²) >= 11 is 0. The number of aliphatic carboxylic acids is 1. The summed E-state index contributed by atoms with van der Waals surface area (Å²) in [6, 6.07) is 0. The van der Waals surface area contributed by atoms with Crippen LogP contribution in [0.15, 0.2) is 0 Å². The molecular formula is C15H25NO6S. The van der Waals surface area contributed by atoms with Crippen molar-refractivity contribution < 1.29 is 27.9 Å². The zero-order valence-electron chi connectivity index (χ0n) is 13.7. The fourth-order valence-electron chi connectivity index (χ4n) is 3.82. The lowest BCUT2D eigenvalue weighted by atomic mass is 9.89. The molecule has 2 fully saturated rings. The van der Waals surface area contributed by atoms with Crippen LogP contribution in [0.5, 0.6) is 0 Å². The zero-order valence-corrected chi connectivity index (χ0v) is 14.5. The van der Waals surface area contributed by atoms with Crippen molar-refractivity contribution in [1.29, 1.82) is 0 Å². The number of carbonyl (C=O) groups is 2. The van der Waals surface area contributed by atoms with Gasteiger partial charge in [0.1, 0.15) is 0 Å². The molecule has 1 saturated carbocycles. The zero-order chi connectivity index (χ0) is 17.3. The number of nitrogens with zero attached hydrogens (tertiary/aromatic N) is 1. The monoisotopic (exact) mass is 347 g/mol. The standard InChI is InChI=1S/C15H25NO6S/c1-11-7-12(13(17)18)9-16(8-11)23(20,21)10-15(14(19)22-2)5-3-4-6-15/h11-12H,3-10H2,1-2H3,(H,17,18). The molecule has 0 aromatic heterocycles. The highest BCUT2D eigenvalue weighted by molar-refractivity contribution is 7.89. The molecule has 0 aromatic rings. The van der Waals surface area contributed by atoms with E-state index in [-0.39, 0.29) is 18.2 Å². The van der Waals surface area contributed by atoms with Crippen LogP contribution in [0.25, 0.3) is 0 Å². The highest BCUT2D eigenvalue weighted by Gasteiger charge is 2.48. The first-order valence-corrected chi connectivity index (χ1v) is 9.60. The maximum absolute atomic E-state index is 12.8. The van der Waals surface area contributed by atoms with Gasteiger partial charge in [0.2, 0.25) is 10.0 Å². The molecule has 1 heterocycles. The Kier molecular flexibility index (Phi) is 5.35. The lowest BCUT2D eigenvalue weighted by Gasteiger charge is -2.36. The fraction of sp³-hybridized carbons (Fsp3) is 0.867. The lowest BCUT2D eigenvalue weighted by Crippen LogP contribution is -2.49. The minimum Gasteiger partial charge on any atom is -0.481 e. The van der Waals surface area contributed by atoms with Gasteiger partial charge in [-0.3, -0.25) is 9.59 Å². The molecule has 0 spiro atoms. The average molecular weight is 347 g/mol. The number of carboxylic acid groups (broad SMARTS) is 1. The molecule has 0 amide bonds. The maximum atomic E-state index is 12.8. The van der Waals surface area contributed by atoms with Crippen LogP contribution in [-0.2, 0) is 24.3 Å². The molecule has 132 valence electrons. The topological polar surface area (TPSA) is 101 Å². The van der Waals surface area contributed by atoms with E-state index in [1.807, 2.05) is 6.92 Å².